The SMILES string of the molecule is CC(=O)Oc1ccc(C[C@](NC(C)C)(OC(=O)OC(C)(C)C)C(=O)O)cc1OC(C)=O. The van der Waals surface area contributed by atoms with Crippen molar-refractivity contribution in [3.63, 3.8) is 0 Å². The topological polar surface area (TPSA) is 137 Å². The molecule has 0 aromatic heterocycles. The third-order valence-corrected chi connectivity index (χ3v) is 3.48. The smallest absolute Gasteiger partial charge is 0.477 e. The molecule has 0 saturated heterocycles. The molecule has 1 rings (SSSR count). The third kappa shape index (κ3) is 8.63. The molecule has 1 atom stereocenters. The Hall–Kier alpha value is -3.14. The molecule has 0 saturated carbocycles. The molecule has 1 aromatic rings. The lowest BCUT2D eigenvalue weighted by Gasteiger charge is -2.33. The lowest BCUT2D eigenvalue weighted by molar-refractivity contribution is -0.169. The van der Waals surface area contributed by atoms with Crippen LogP contribution in [0.5, 0.6) is 11.5 Å². The highest BCUT2D eigenvalue weighted by Crippen LogP contribution is 2.31. The molecule has 0 spiro atoms. The van der Waals surface area contributed by atoms with E-state index in [4.69, 9.17) is 18.9 Å². The van der Waals surface area contributed by atoms with Crippen LogP contribution < -0.4 is 14.8 Å². The summed E-state index contributed by atoms with van der Waals surface area (Å²) in [4.78, 5) is 47.2. The van der Waals surface area contributed by atoms with Crippen LogP contribution in [-0.2, 0) is 30.3 Å². The zero-order chi connectivity index (χ0) is 24.0. The summed E-state index contributed by atoms with van der Waals surface area (Å²) in [5.41, 5.74) is -2.74. The largest absolute Gasteiger partial charge is 0.511 e. The maximum Gasteiger partial charge on any atom is 0.511 e. The standard InChI is InChI=1S/C21H29NO9/c1-12(2)22-21(18(25)26,31-19(27)30-20(5,6)7)11-15-8-9-16(28-13(3)23)17(10-15)29-14(4)24/h8-10,12,22H,11H2,1-7H3,(H,25,26)/t21-/m0/s1. The van der Waals surface area contributed by atoms with Crippen LogP contribution in [-0.4, -0.2) is 46.5 Å². The van der Waals surface area contributed by atoms with Crippen molar-refractivity contribution in [2.45, 2.75) is 72.3 Å². The molecule has 0 unspecified atom stereocenters. The number of hydrogen-bond acceptors (Lipinski definition) is 9. The van der Waals surface area contributed by atoms with Crippen LogP contribution >= 0.6 is 0 Å². The minimum absolute atomic E-state index is 0.0164. The van der Waals surface area contributed by atoms with Crippen molar-refractivity contribution in [1.82, 2.24) is 5.32 Å². The second kappa shape index (κ2) is 10.3. The molecule has 0 bridgehead atoms. The van der Waals surface area contributed by atoms with Crippen molar-refractivity contribution < 1.29 is 43.2 Å². The van der Waals surface area contributed by atoms with Gasteiger partial charge in [0.15, 0.2) is 11.5 Å². The van der Waals surface area contributed by atoms with Gasteiger partial charge < -0.3 is 24.1 Å². The first-order valence-electron chi connectivity index (χ1n) is 9.56. The van der Waals surface area contributed by atoms with Crippen molar-refractivity contribution in [3.8, 4) is 11.5 Å². The minimum Gasteiger partial charge on any atom is -0.477 e. The Morgan fingerprint density at radius 3 is 1.97 bits per heavy atom. The van der Waals surface area contributed by atoms with Gasteiger partial charge in [0.25, 0.3) is 5.72 Å². The van der Waals surface area contributed by atoms with Crippen LogP contribution in [0.15, 0.2) is 18.2 Å². The summed E-state index contributed by atoms with van der Waals surface area (Å²) >= 11 is 0. The number of rotatable bonds is 8. The number of nitrogens with one attached hydrogen (secondary N) is 1. The van der Waals surface area contributed by atoms with Crippen LogP contribution in [0, 0.1) is 0 Å². The van der Waals surface area contributed by atoms with Gasteiger partial charge in [0.05, 0.1) is 0 Å². The number of carboxylic acid groups (broad SMARTS) is 1. The van der Waals surface area contributed by atoms with Gasteiger partial charge in [-0.15, -0.1) is 0 Å². The zero-order valence-electron chi connectivity index (χ0n) is 18.7. The van der Waals surface area contributed by atoms with Crippen LogP contribution in [0.1, 0.15) is 54.0 Å². The van der Waals surface area contributed by atoms with E-state index >= 15 is 0 Å². The van der Waals surface area contributed by atoms with E-state index in [-0.39, 0.29) is 24.0 Å². The second-order valence-corrected chi connectivity index (χ2v) is 8.14. The van der Waals surface area contributed by atoms with Gasteiger partial charge >= 0.3 is 24.1 Å². The number of carboxylic acids is 1. The maximum absolute atomic E-state index is 12.3. The minimum atomic E-state index is -2.17. The summed E-state index contributed by atoms with van der Waals surface area (Å²) in [7, 11) is 0. The summed E-state index contributed by atoms with van der Waals surface area (Å²) in [5, 5.41) is 12.7. The molecule has 0 heterocycles. The van der Waals surface area contributed by atoms with Crippen LogP contribution in [0.2, 0.25) is 0 Å². The van der Waals surface area contributed by atoms with Gasteiger partial charge in [-0.25, -0.2) is 9.59 Å². The Bertz CT molecular complexity index is 842. The number of esters is 2. The van der Waals surface area contributed by atoms with E-state index in [1.165, 1.54) is 25.1 Å². The van der Waals surface area contributed by atoms with Crippen molar-refractivity contribution in [1.29, 1.82) is 0 Å². The molecule has 31 heavy (non-hydrogen) atoms. The zero-order valence-corrected chi connectivity index (χ0v) is 18.7. The van der Waals surface area contributed by atoms with E-state index in [0.717, 1.165) is 6.92 Å². The third-order valence-electron chi connectivity index (χ3n) is 3.48. The lowest BCUT2D eigenvalue weighted by Crippen LogP contribution is -2.59. The van der Waals surface area contributed by atoms with E-state index in [1.54, 1.807) is 34.6 Å². The highest BCUT2D eigenvalue weighted by atomic mass is 16.8. The molecule has 0 amide bonds. The first-order chi connectivity index (χ1) is 14.1. The average molecular weight is 439 g/mol. The van der Waals surface area contributed by atoms with Gasteiger partial charge in [0.2, 0.25) is 0 Å². The Balaban J connectivity index is 3.37. The second-order valence-electron chi connectivity index (χ2n) is 8.14. The van der Waals surface area contributed by atoms with Gasteiger partial charge in [-0.05, 0) is 52.3 Å². The molecule has 0 fully saturated rings. The Kier molecular flexibility index (Phi) is 8.56. The number of carbonyl (C=O) groups excluding carboxylic acids is 3. The first-order valence-corrected chi connectivity index (χ1v) is 9.56. The normalized spacial score (nSPS) is 13.2. The maximum atomic E-state index is 12.3. The predicted octanol–water partition coefficient (Wildman–Crippen LogP) is 2.81. The van der Waals surface area contributed by atoms with E-state index in [1.807, 2.05) is 0 Å². The molecular weight excluding hydrogens is 410 g/mol. The predicted molar refractivity (Wildman–Crippen MR) is 109 cm³/mol. The molecule has 10 heteroatoms. The number of benzene rings is 1. The summed E-state index contributed by atoms with van der Waals surface area (Å²) in [5.74, 6) is -2.85. The molecule has 10 nitrogen and oxygen atoms in total. The lowest BCUT2D eigenvalue weighted by atomic mass is 10.0. The summed E-state index contributed by atoms with van der Waals surface area (Å²) in [6, 6.07) is 3.76. The quantitative estimate of drug-likeness (QED) is 0.353. The molecule has 0 aliphatic carbocycles. The summed E-state index contributed by atoms with van der Waals surface area (Å²) < 4.78 is 20.4. The molecule has 1 aromatic carbocycles. The molecule has 172 valence electrons. The highest BCUT2D eigenvalue weighted by molar-refractivity contribution is 5.80. The number of aliphatic carboxylic acids is 1. The number of carbonyl (C=O) groups is 4. The summed E-state index contributed by atoms with van der Waals surface area (Å²) in [6.07, 6.45) is -1.51. The summed E-state index contributed by atoms with van der Waals surface area (Å²) in [6.45, 7) is 10.6. The fraction of sp³-hybridized carbons (Fsp3) is 0.524. The van der Waals surface area contributed by atoms with Crippen molar-refractivity contribution in [2.24, 2.45) is 0 Å². The molecule has 2 N–H and O–H groups in total. The Labute approximate surface area is 180 Å². The molecular formula is C21H29NO9. The van der Waals surface area contributed by atoms with Crippen LogP contribution in [0.4, 0.5) is 4.79 Å². The Morgan fingerprint density at radius 1 is 0.968 bits per heavy atom. The van der Waals surface area contributed by atoms with Crippen molar-refractivity contribution in [2.75, 3.05) is 0 Å². The van der Waals surface area contributed by atoms with Gasteiger partial charge in [0.1, 0.15) is 5.60 Å². The van der Waals surface area contributed by atoms with Crippen LogP contribution in [0.3, 0.4) is 0 Å². The molecule has 0 aliphatic heterocycles. The van der Waals surface area contributed by atoms with E-state index in [2.05, 4.69) is 5.32 Å². The fourth-order valence-electron chi connectivity index (χ4n) is 2.60. The van der Waals surface area contributed by atoms with Crippen molar-refractivity contribution in [3.05, 3.63) is 23.8 Å². The van der Waals surface area contributed by atoms with Gasteiger partial charge in [-0.1, -0.05) is 6.07 Å². The van der Waals surface area contributed by atoms with Crippen LogP contribution in [0.25, 0.3) is 0 Å². The molecule has 0 aliphatic rings. The van der Waals surface area contributed by atoms with Gasteiger partial charge in [0, 0.05) is 26.3 Å². The van der Waals surface area contributed by atoms with E-state index in [9.17, 15) is 24.3 Å². The van der Waals surface area contributed by atoms with E-state index < -0.39 is 35.4 Å². The van der Waals surface area contributed by atoms with Gasteiger partial charge in [-0.2, -0.15) is 0 Å². The monoisotopic (exact) mass is 439 g/mol. The number of hydrogen-bond donors (Lipinski definition) is 2. The highest BCUT2D eigenvalue weighted by Gasteiger charge is 2.45. The first kappa shape index (κ1) is 25.9. The Morgan fingerprint density at radius 2 is 1.52 bits per heavy atom. The van der Waals surface area contributed by atoms with Crippen molar-refractivity contribution >= 4 is 24.1 Å². The number of ether oxygens (including phenoxy) is 4. The fourth-order valence-corrected chi connectivity index (χ4v) is 2.60. The molecule has 0 radical (unpaired) electrons. The van der Waals surface area contributed by atoms with E-state index in [0.29, 0.717) is 5.56 Å². The van der Waals surface area contributed by atoms with Gasteiger partial charge in [-0.3, -0.25) is 14.9 Å². The average Bonchev–Trinajstić information content (AvgIpc) is 2.53.